The van der Waals surface area contributed by atoms with E-state index in [1.165, 1.54) is 0 Å². The lowest BCUT2D eigenvalue weighted by atomic mass is 10.1. The molecule has 0 aliphatic carbocycles. The number of aliphatic hydroxyl groups is 1. The molecule has 4 nitrogen and oxygen atoms in total. The third kappa shape index (κ3) is 6.42. The number of thioether (sulfide) groups is 1. The number of aliphatic hydroxyl groups excluding tert-OH is 1. The Kier molecular flexibility index (Phi) is 6.85. The van der Waals surface area contributed by atoms with Crippen molar-refractivity contribution < 1.29 is 13.5 Å². The number of hydrogen-bond acceptors (Lipinski definition) is 4. The van der Waals surface area contributed by atoms with Gasteiger partial charge in [0.05, 0.1) is 12.4 Å². The van der Waals surface area contributed by atoms with Crippen LogP contribution in [0.4, 0.5) is 0 Å². The number of sulfonamides is 1. The molecule has 0 bridgehead atoms. The van der Waals surface area contributed by atoms with Crippen LogP contribution in [0.25, 0.3) is 0 Å². The van der Waals surface area contributed by atoms with Gasteiger partial charge in [-0.15, -0.1) is 0 Å². The Balaban J connectivity index is 2.63. The van der Waals surface area contributed by atoms with Gasteiger partial charge in [-0.25, -0.2) is 13.1 Å². The molecule has 0 aliphatic rings. The lowest BCUT2D eigenvalue weighted by Crippen LogP contribution is -2.35. The van der Waals surface area contributed by atoms with Gasteiger partial charge in [0.25, 0.3) is 0 Å². The first-order valence-electron chi connectivity index (χ1n) is 6.23. The van der Waals surface area contributed by atoms with E-state index >= 15 is 0 Å². The molecule has 0 spiro atoms. The zero-order valence-corrected chi connectivity index (χ0v) is 12.9. The fraction of sp³-hybridized carbons (Fsp3) is 0.538. The molecule has 1 rings (SSSR count). The Morgan fingerprint density at radius 1 is 1.37 bits per heavy atom. The molecular weight excluding hydrogens is 282 g/mol. The van der Waals surface area contributed by atoms with Gasteiger partial charge in [-0.05, 0) is 23.8 Å². The molecule has 0 radical (unpaired) electrons. The van der Waals surface area contributed by atoms with Crippen LogP contribution in [0, 0.1) is 0 Å². The summed E-state index contributed by atoms with van der Waals surface area (Å²) in [5.74, 6) is 1.69. The summed E-state index contributed by atoms with van der Waals surface area (Å²) in [7, 11) is -3.33. The molecule has 19 heavy (non-hydrogen) atoms. The van der Waals surface area contributed by atoms with Gasteiger partial charge in [0.1, 0.15) is 0 Å². The molecule has 6 heteroatoms. The minimum Gasteiger partial charge on any atom is -0.392 e. The van der Waals surface area contributed by atoms with E-state index in [1.54, 1.807) is 36.0 Å². The summed E-state index contributed by atoms with van der Waals surface area (Å²) < 4.78 is 26.6. The molecule has 0 aromatic heterocycles. The van der Waals surface area contributed by atoms with E-state index in [0.717, 1.165) is 17.1 Å². The molecule has 1 aromatic rings. The lowest BCUT2D eigenvalue weighted by Gasteiger charge is -2.13. The van der Waals surface area contributed by atoms with Gasteiger partial charge in [0, 0.05) is 11.8 Å². The quantitative estimate of drug-likeness (QED) is 0.768. The monoisotopic (exact) mass is 303 g/mol. The number of benzene rings is 1. The fourth-order valence-electron chi connectivity index (χ4n) is 1.71. The van der Waals surface area contributed by atoms with Crippen molar-refractivity contribution in [3.63, 3.8) is 0 Å². The molecule has 0 heterocycles. The molecule has 108 valence electrons. The van der Waals surface area contributed by atoms with Crippen LogP contribution in [-0.4, -0.2) is 31.1 Å². The Morgan fingerprint density at radius 3 is 2.68 bits per heavy atom. The van der Waals surface area contributed by atoms with Crippen molar-refractivity contribution in [1.82, 2.24) is 4.72 Å². The minimum atomic E-state index is -3.33. The topological polar surface area (TPSA) is 66.4 Å². The van der Waals surface area contributed by atoms with E-state index in [4.69, 9.17) is 5.11 Å². The van der Waals surface area contributed by atoms with E-state index in [9.17, 15) is 8.42 Å². The molecule has 0 fully saturated rings. The minimum absolute atomic E-state index is 0.0536. The maximum Gasteiger partial charge on any atom is 0.216 e. The molecule has 0 saturated carbocycles. The van der Waals surface area contributed by atoms with Crippen molar-refractivity contribution in [2.75, 3.05) is 11.5 Å². The summed E-state index contributed by atoms with van der Waals surface area (Å²) >= 11 is 1.71. The van der Waals surface area contributed by atoms with Gasteiger partial charge < -0.3 is 5.11 Å². The summed E-state index contributed by atoms with van der Waals surface area (Å²) in [5, 5.41) is 9.04. The smallest absolute Gasteiger partial charge is 0.216 e. The molecule has 1 unspecified atom stereocenters. The highest BCUT2D eigenvalue weighted by molar-refractivity contribution is 7.99. The highest BCUT2D eigenvalue weighted by Crippen LogP contribution is 2.10. The lowest BCUT2D eigenvalue weighted by molar-refractivity contribution is 0.282. The van der Waals surface area contributed by atoms with Gasteiger partial charge in [-0.3, -0.25) is 0 Å². The maximum absolute atomic E-state index is 12.0. The third-order valence-corrected chi connectivity index (χ3v) is 5.10. The van der Waals surface area contributed by atoms with E-state index < -0.39 is 10.0 Å². The second kappa shape index (κ2) is 7.89. The normalized spacial score (nSPS) is 13.4. The highest BCUT2D eigenvalue weighted by Gasteiger charge is 2.15. The van der Waals surface area contributed by atoms with Crippen LogP contribution >= 0.6 is 11.8 Å². The van der Waals surface area contributed by atoms with Crippen molar-refractivity contribution in [3.05, 3.63) is 35.4 Å². The average Bonchev–Trinajstić information content (AvgIpc) is 2.35. The van der Waals surface area contributed by atoms with Crippen LogP contribution in [0.5, 0.6) is 0 Å². The van der Waals surface area contributed by atoms with Crippen molar-refractivity contribution in [2.24, 2.45) is 0 Å². The van der Waals surface area contributed by atoms with E-state index in [-0.39, 0.29) is 18.4 Å². The third-order valence-electron chi connectivity index (χ3n) is 2.48. The first-order valence-corrected chi connectivity index (χ1v) is 9.04. The number of rotatable bonds is 8. The zero-order chi connectivity index (χ0) is 14.3. The van der Waals surface area contributed by atoms with Crippen LogP contribution in [0.2, 0.25) is 0 Å². The summed E-state index contributed by atoms with van der Waals surface area (Å²) in [5.41, 5.74) is 1.41. The van der Waals surface area contributed by atoms with Gasteiger partial charge in [0.2, 0.25) is 10.0 Å². The van der Waals surface area contributed by atoms with E-state index in [0.29, 0.717) is 5.56 Å². The Hall–Kier alpha value is -0.560. The molecule has 0 aliphatic heterocycles. The van der Waals surface area contributed by atoms with Crippen LogP contribution < -0.4 is 4.72 Å². The number of nitrogens with one attached hydrogen (secondary N) is 1. The largest absolute Gasteiger partial charge is 0.392 e. The molecule has 0 saturated heterocycles. The molecule has 2 N–H and O–H groups in total. The molecule has 0 amide bonds. The van der Waals surface area contributed by atoms with Crippen molar-refractivity contribution >= 4 is 21.8 Å². The van der Waals surface area contributed by atoms with Crippen LogP contribution in [0.15, 0.2) is 24.3 Å². The first-order chi connectivity index (χ1) is 8.96. The summed E-state index contributed by atoms with van der Waals surface area (Å²) in [6.45, 7) is 3.83. The Morgan fingerprint density at radius 2 is 2.05 bits per heavy atom. The second-order valence-corrected chi connectivity index (χ2v) is 7.49. The fourth-order valence-corrected chi connectivity index (χ4v) is 3.89. The average molecular weight is 303 g/mol. The van der Waals surface area contributed by atoms with Gasteiger partial charge in [-0.1, -0.05) is 31.2 Å². The number of hydrogen-bond donors (Lipinski definition) is 2. The molecule has 1 atom stereocenters. The highest BCUT2D eigenvalue weighted by atomic mass is 32.2. The van der Waals surface area contributed by atoms with Crippen molar-refractivity contribution in [2.45, 2.75) is 32.2 Å². The second-order valence-electron chi connectivity index (χ2n) is 4.42. The SMILES string of the molecule is CCSCC(C)NS(=O)(=O)Cc1cccc(CO)c1. The maximum atomic E-state index is 12.0. The van der Waals surface area contributed by atoms with Gasteiger partial charge in [0.15, 0.2) is 0 Å². The summed E-state index contributed by atoms with van der Waals surface area (Å²) in [6.07, 6.45) is 0. The van der Waals surface area contributed by atoms with Crippen LogP contribution in [0.3, 0.4) is 0 Å². The predicted octanol–water partition coefficient (Wildman–Crippen LogP) is 1.74. The standard InChI is InChI=1S/C13H21NO3S2/c1-3-18-9-11(2)14-19(16,17)10-13-6-4-5-12(7-13)8-15/h4-7,11,14-15H,3,8-10H2,1-2H3. The summed E-state index contributed by atoms with van der Waals surface area (Å²) in [6, 6.07) is 6.92. The summed E-state index contributed by atoms with van der Waals surface area (Å²) in [4.78, 5) is 0. The van der Waals surface area contributed by atoms with E-state index in [1.807, 2.05) is 13.8 Å². The van der Waals surface area contributed by atoms with E-state index in [2.05, 4.69) is 4.72 Å². The Labute approximate surface area is 119 Å². The van der Waals surface area contributed by atoms with Gasteiger partial charge >= 0.3 is 0 Å². The van der Waals surface area contributed by atoms with Crippen LogP contribution in [-0.2, 0) is 22.4 Å². The zero-order valence-electron chi connectivity index (χ0n) is 11.3. The van der Waals surface area contributed by atoms with Crippen molar-refractivity contribution in [1.29, 1.82) is 0 Å². The van der Waals surface area contributed by atoms with Crippen molar-refractivity contribution in [3.8, 4) is 0 Å². The predicted molar refractivity (Wildman–Crippen MR) is 80.6 cm³/mol. The molecule has 1 aromatic carbocycles. The first kappa shape index (κ1) is 16.5. The Bertz CT molecular complexity index is 488. The molecular formula is C13H21NO3S2. The van der Waals surface area contributed by atoms with Crippen LogP contribution in [0.1, 0.15) is 25.0 Å². The van der Waals surface area contributed by atoms with Gasteiger partial charge in [-0.2, -0.15) is 11.8 Å².